The van der Waals surface area contributed by atoms with Crippen LogP contribution in [0.25, 0.3) is 0 Å². The minimum Gasteiger partial charge on any atom is -0.481 e. The van der Waals surface area contributed by atoms with E-state index in [1.165, 1.54) is 0 Å². The first kappa shape index (κ1) is 17.2. The van der Waals surface area contributed by atoms with Crippen molar-refractivity contribution >= 4 is 35.2 Å². The number of hydrogen-bond acceptors (Lipinski definition) is 3. The van der Waals surface area contributed by atoms with Gasteiger partial charge in [-0.1, -0.05) is 11.6 Å². The molecule has 1 N–H and O–H groups in total. The molecule has 0 bridgehead atoms. The minimum absolute atomic E-state index is 0.162. The van der Waals surface area contributed by atoms with Crippen molar-refractivity contribution < 1.29 is 14.7 Å². The Morgan fingerprint density at radius 1 is 1.23 bits per heavy atom. The Bertz CT molecular complexity index is 513. The molecule has 22 heavy (non-hydrogen) atoms. The summed E-state index contributed by atoms with van der Waals surface area (Å²) in [5.41, 5.74) is 0. The predicted octanol–water partition coefficient (Wildman–Crippen LogP) is 3.54. The molecule has 120 valence electrons. The van der Waals surface area contributed by atoms with Crippen molar-refractivity contribution in [2.75, 3.05) is 18.8 Å². The normalized spacial score (nSPS) is 15.8. The third-order valence-corrected chi connectivity index (χ3v) is 5.09. The zero-order valence-corrected chi connectivity index (χ0v) is 13.9. The van der Waals surface area contributed by atoms with E-state index in [0.717, 1.165) is 23.5 Å². The number of piperidine rings is 1. The number of aliphatic carboxylic acids is 1. The fourth-order valence-corrected chi connectivity index (χ4v) is 3.55. The fraction of sp³-hybridized carbons (Fsp3) is 0.500. The third-order valence-electron chi connectivity index (χ3n) is 3.83. The average Bonchev–Trinajstić information content (AvgIpc) is 2.49. The largest absolute Gasteiger partial charge is 0.481 e. The first-order valence-corrected chi connectivity index (χ1v) is 8.79. The van der Waals surface area contributed by atoms with Crippen LogP contribution in [-0.2, 0) is 9.59 Å². The maximum absolute atomic E-state index is 12.1. The van der Waals surface area contributed by atoms with Gasteiger partial charge in [0.15, 0.2) is 0 Å². The number of benzene rings is 1. The Morgan fingerprint density at radius 2 is 1.86 bits per heavy atom. The molecule has 1 saturated heterocycles. The maximum atomic E-state index is 12.1. The summed E-state index contributed by atoms with van der Waals surface area (Å²) in [5, 5.41) is 9.50. The van der Waals surface area contributed by atoms with E-state index in [4.69, 9.17) is 16.7 Å². The van der Waals surface area contributed by atoms with Gasteiger partial charge in [-0.2, -0.15) is 0 Å². The number of carbonyl (C=O) groups excluding carboxylic acids is 1. The number of halogens is 1. The summed E-state index contributed by atoms with van der Waals surface area (Å²) in [6.07, 6.45) is 2.32. The van der Waals surface area contributed by atoms with Crippen LogP contribution in [0, 0.1) is 5.92 Å². The first-order chi connectivity index (χ1) is 10.5. The molecule has 0 atom stereocenters. The topological polar surface area (TPSA) is 57.6 Å². The highest BCUT2D eigenvalue weighted by atomic mass is 35.5. The molecule has 0 unspecified atom stereocenters. The lowest BCUT2D eigenvalue weighted by Crippen LogP contribution is -2.39. The van der Waals surface area contributed by atoms with Crippen LogP contribution < -0.4 is 0 Å². The van der Waals surface area contributed by atoms with Gasteiger partial charge in [-0.25, -0.2) is 0 Å². The standard InChI is InChI=1S/C16H20ClNO3S/c17-13-1-3-14(4-2-13)22-10-7-15(19)18-8-5-12(6-9-18)11-16(20)21/h1-4,12H,5-11H2,(H,20,21). The van der Waals surface area contributed by atoms with E-state index in [-0.39, 0.29) is 18.2 Å². The number of nitrogens with zero attached hydrogens (tertiary/aromatic N) is 1. The maximum Gasteiger partial charge on any atom is 0.303 e. The SMILES string of the molecule is O=C(O)CC1CCN(C(=O)CCSc2ccc(Cl)cc2)CC1. The predicted molar refractivity (Wildman–Crippen MR) is 88.3 cm³/mol. The molecule has 0 spiro atoms. The number of likely N-dealkylation sites (tertiary alicyclic amines) is 1. The van der Waals surface area contributed by atoms with E-state index < -0.39 is 5.97 Å². The molecule has 1 aliphatic rings. The quantitative estimate of drug-likeness (QED) is 0.804. The number of thioether (sulfide) groups is 1. The van der Waals surface area contributed by atoms with Crippen LogP contribution in [0.1, 0.15) is 25.7 Å². The minimum atomic E-state index is -0.746. The molecule has 6 heteroatoms. The van der Waals surface area contributed by atoms with Crippen LogP contribution in [0.3, 0.4) is 0 Å². The van der Waals surface area contributed by atoms with Gasteiger partial charge in [-0.15, -0.1) is 11.8 Å². The van der Waals surface area contributed by atoms with Crippen molar-refractivity contribution in [3.05, 3.63) is 29.3 Å². The van der Waals surface area contributed by atoms with E-state index in [1.807, 2.05) is 29.2 Å². The Balaban J connectivity index is 1.68. The van der Waals surface area contributed by atoms with Crippen molar-refractivity contribution in [2.24, 2.45) is 5.92 Å². The van der Waals surface area contributed by atoms with Gasteiger partial charge in [0.25, 0.3) is 0 Å². The summed E-state index contributed by atoms with van der Waals surface area (Å²) in [4.78, 5) is 25.8. The Kier molecular flexibility index (Phi) is 6.58. The molecular formula is C16H20ClNO3S. The van der Waals surface area contributed by atoms with E-state index in [0.29, 0.717) is 24.5 Å². The van der Waals surface area contributed by atoms with Crippen LogP contribution in [0.15, 0.2) is 29.2 Å². The van der Waals surface area contributed by atoms with Gasteiger partial charge in [-0.3, -0.25) is 9.59 Å². The summed E-state index contributed by atoms with van der Waals surface area (Å²) >= 11 is 7.48. The zero-order chi connectivity index (χ0) is 15.9. The molecule has 1 fully saturated rings. The Morgan fingerprint density at radius 3 is 2.45 bits per heavy atom. The lowest BCUT2D eigenvalue weighted by Gasteiger charge is -2.31. The average molecular weight is 342 g/mol. The Labute approximate surface area is 139 Å². The molecule has 0 saturated carbocycles. The van der Waals surface area contributed by atoms with Crippen molar-refractivity contribution in [3.63, 3.8) is 0 Å². The molecule has 4 nitrogen and oxygen atoms in total. The molecule has 1 aromatic carbocycles. The highest BCUT2D eigenvalue weighted by Gasteiger charge is 2.23. The second kappa shape index (κ2) is 8.44. The van der Waals surface area contributed by atoms with Gasteiger partial charge in [-0.05, 0) is 43.0 Å². The molecular weight excluding hydrogens is 322 g/mol. The number of carboxylic acid groups (broad SMARTS) is 1. The summed E-state index contributed by atoms with van der Waals surface area (Å²) < 4.78 is 0. The smallest absolute Gasteiger partial charge is 0.303 e. The summed E-state index contributed by atoms with van der Waals surface area (Å²) in [6.45, 7) is 1.37. The van der Waals surface area contributed by atoms with Crippen LogP contribution in [0.2, 0.25) is 5.02 Å². The van der Waals surface area contributed by atoms with E-state index in [2.05, 4.69) is 0 Å². The van der Waals surface area contributed by atoms with Crippen LogP contribution in [0.4, 0.5) is 0 Å². The van der Waals surface area contributed by atoms with Gasteiger partial charge in [0.2, 0.25) is 5.91 Å². The number of amides is 1. The van der Waals surface area contributed by atoms with E-state index >= 15 is 0 Å². The lowest BCUT2D eigenvalue weighted by molar-refractivity contribution is -0.138. The van der Waals surface area contributed by atoms with Crippen LogP contribution >= 0.6 is 23.4 Å². The molecule has 0 aromatic heterocycles. The van der Waals surface area contributed by atoms with E-state index in [1.54, 1.807) is 11.8 Å². The summed E-state index contributed by atoms with van der Waals surface area (Å²) in [6, 6.07) is 7.60. The highest BCUT2D eigenvalue weighted by Crippen LogP contribution is 2.23. The highest BCUT2D eigenvalue weighted by molar-refractivity contribution is 7.99. The van der Waals surface area contributed by atoms with Gasteiger partial charge >= 0.3 is 5.97 Å². The van der Waals surface area contributed by atoms with Crippen molar-refractivity contribution in [1.82, 2.24) is 4.90 Å². The number of carbonyl (C=O) groups is 2. The number of hydrogen-bond donors (Lipinski definition) is 1. The lowest BCUT2D eigenvalue weighted by atomic mass is 9.93. The first-order valence-electron chi connectivity index (χ1n) is 7.42. The van der Waals surface area contributed by atoms with Crippen LogP contribution in [-0.4, -0.2) is 40.7 Å². The molecule has 2 rings (SSSR count). The summed E-state index contributed by atoms with van der Waals surface area (Å²) in [5.74, 6) is 0.375. The monoisotopic (exact) mass is 341 g/mol. The second-order valence-electron chi connectivity index (χ2n) is 5.47. The molecule has 0 aliphatic carbocycles. The van der Waals surface area contributed by atoms with E-state index in [9.17, 15) is 9.59 Å². The van der Waals surface area contributed by atoms with Gasteiger partial charge in [0.1, 0.15) is 0 Å². The van der Waals surface area contributed by atoms with Crippen molar-refractivity contribution in [1.29, 1.82) is 0 Å². The number of carboxylic acids is 1. The van der Waals surface area contributed by atoms with Gasteiger partial charge < -0.3 is 10.0 Å². The molecule has 1 aromatic rings. The van der Waals surface area contributed by atoms with Crippen LogP contribution in [0.5, 0.6) is 0 Å². The van der Waals surface area contributed by atoms with Crippen molar-refractivity contribution in [2.45, 2.75) is 30.6 Å². The molecule has 0 radical (unpaired) electrons. The molecule has 1 aliphatic heterocycles. The number of rotatable bonds is 6. The molecule has 1 heterocycles. The second-order valence-corrected chi connectivity index (χ2v) is 7.08. The Hall–Kier alpha value is -1.20. The fourth-order valence-electron chi connectivity index (χ4n) is 2.58. The van der Waals surface area contributed by atoms with Gasteiger partial charge in [0, 0.05) is 41.6 Å². The third kappa shape index (κ3) is 5.54. The van der Waals surface area contributed by atoms with Gasteiger partial charge in [0.05, 0.1) is 0 Å². The zero-order valence-electron chi connectivity index (χ0n) is 12.3. The van der Waals surface area contributed by atoms with Crippen molar-refractivity contribution in [3.8, 4) is 0 Å². The summed E-state index contributed by atoms with van der Waals surface area (Å²) in [7, 11) is 0. The molecule has 1 amide bonds.